The lowest BCUT2D eigenvalue weighted by molar-refractivity contribution is -0.937. The summed E-state index contributed by atoms with van der Waals surface area (Å²) in [7, 11) is 0. The Balaban J connectivity index is 0.00000400. The minimum Gasteiger partial charge on any atom is -1.00 e. The summed E-state index contributed by atoms with van der Waals surface area (Å²) in [6, 6.07) is 10.5. The number of rotatable bonds is 8. The number of carbonyl (C=O) groups is 1. The molecule has 118 valence electrons. The Kier molecular flexibility index (Phi) is 8.98. The number of halogens is 1. The zero-order valence-corrected chi connectivity index (χ0v) is 14.0. The molecule has 0 aliphatic carbocycles. The molecule has 0 aromatic heterocycles. The number of ether oxygens (including phenoxy) is 1. The van der Waals surface area contributed by atoms with Crippen molar-refractivity contribution in [2.75, 3.05) is 26.2 Å². The maximum Gasteiger partial charge on any atom is 0.333 e. The van der Waals surface area contributed by atoms with Crippen LogP contribution in [0.5, 0.6) is 0 Å². The molecule has 1 aromatic carbocycles. The largest absolute Gasteiger partial charge is 1.00 e. The van der Waals surface area contributed by atoms with E-state index >= 15 is 0 Å². The highest BCUT2D eigenvalue weighted by Crippen LogP contribution is 2.14. The number of benzene rings is 1. The molecule has 3 nitrogen and oxygen atoms in total. The van der Waals surface area contributed by atoms with Gasteiger partial charge in [0.1, 0.15) is 19.7 Å². The fourth-order valence-electron chi connectivity index (χ4n) is 2.27. The molecule has 0 amide bonds. The molecule has 0 aliphatic heterocycles. The van der Waals surface area contributed by atoms with E-state index in [-0.39, 0.29) is 18.4 Å². The summed E-state index contributed by atoms with van der Waals surface area (Å²) in [5.74, 6) is -0.296. The van der Waals surface area contributed by atoms with Crippen LogP contribution in [0.15, 0.2) is 42.5 Å². The summed E-state index contributed by atoms with van der Waals surface area (Å²) in [6.07, 6.45) is 0. The molecule has 0 N–H and O–H groups in total. The highest BCUT2D eigenvalue weighted by Gasteiger charge is 2.24. The van der Waals surface area contributed by atoms with Crippen LogP contribution in [-0.2, 0) is 16.1 Å². The monoisotopic (exact) mass is 311 g/mol. The van der Waals surface area contributed by atoms with Crippen molar-refractivity contribution in [3.05, 3.63) is 48.0 Å². The fourth-order valence-corrected chi connectivity index (χ4v) is 2.27. The van der Waals surface area contributed by atoms with E-state index in [1.165, 1.54) is 5.56 Å². The highest BCUT2D eigenvalue weighted by atomic mass is 35.5. The lowest BCUT2D eigenvalue weighted by atomic mass is 10.2. The second kappa shape index (κ2) is 9.59. The number of carbonyl (C=O) groups excluding carboxylic acids is 1. The average Bonchev–Trinajstić information content (AvgIpc) is 2.47. The quantitative estimate of drug-likeness (QED) is 0.389. The third kappa shape index (κ3) is 6.32. The lowest BCUT2D eigenvalue weighted by Crippen LogP contribution is -3.00. The zero-order valence-electron chi connectivity index (χ0n) is 13.3. The molecule has 0 unspecified atom stereocenters. The summed E-state index contributed by atoms with van der Waals surface area (Å²) < 4.78 is 6.17. The Hall–Kier alpha value is -1.32. The van der Waals surface area contributed by atoms with Gasteiger partial charge in [0.2, 0.25) is 0 Å². The van der Waals surface area contributed by atoms with E-state index in [9.17, 15) is 4.79 Å². The normalized spacial score (nSPS) is 10.6. The van der Waals surface area contributed by atoms with E-state index in [4.69, 9.17) is 4.74 Å². The first-order valence-corrected chi connectivity index (χ1v) is 7.24. The Bertz CT molecular complexity index is 441. The molecule has 21 heavy (non-hydrogen) atoms. The molecule has 0 saturated carbocycles. The smallest absolute Gasteiger partial charge is 0.333 e. The van der Waals surface area contributed by atoms with Gasteiger partial charge in [0, 0.05) is 11.1 Å². The van der Waals surface area contributed by atoms with E-state index in [0.717, 1.165) is 30.7 Å². The standard InChI is InChI=1S/C17H26NO2.ClH/c1-5-18(6-2,12-13-20-17(19)15(3)4)14-16-10-8-7-9-11-16;/h7-11H,3,5-6,12-14H2,1-2,4H3;1H/q+1;/p-1. The first-order chi connectivity index (χ1) is 9.53. The van der Waals surface area contributed by atoms with Gasteiger partial charge in [-0.3, -0.25) is 0 Å². The molecule has 1 rings (SSSR count). The van der Waals surface area contributed by atoms with Crippen molar-refractivity contribution in [3.63, 3.8) is 0 Å². The molecule has 0 atom stereocenters. The minimum atomic E-state index is -0.296. The van der Waals surface area contributed by atoms with Crippen molar-refractivity contribution >= 4 is 5.97 Å². The van der Waals surface area contributed by atoms with Gasteiger partial charge in [-0.2, -0.15) is 0 Å². The second-order valence-corrected chi connectivity index (χ2v) is 5.26. The molecule has 4 heteroatoms. The van der Waals surface area contributed by atoms with E-state index in [1.54, 1.807) is 6.92 Å². The van der Waals surface area contributed by atoms with Crippen LogP contribution in [0.1, 0.15) is 26.3 Å². The fraction of sp³-hybridized carbons (Fsp3) is 0.471. The van der Waals surface area contributed by atoms with Crippen molar-refractivity contribution in [1.29, 1.82) is 0 Å². The molecule has 0 fully saturated rings. The van der Waals surface area contributed by atoms with Crippen molar-refractivity contribution < 1.29 is 26.4 Å². The third-order valence-electron chi connectivity index (χ3n) is 3.85. The molecule has 0 bridgehead atoms. The Labute approximate surface area is 134 Å². The predicted octanol–water partition coefficient (Wildman–Crippen LogP) is 0.167. The number of hydrogen-bond donors (Lipinski definition) is 0. The number of likely N-dealkylation sites (N-methyl/N-ethyl adjacent to an activating group) is 1. The second-order valence-electron chi connectivity index (χ2n) is 5.26. The number of nitrogens with zero attached hydrogens (tertiary/aromatic N) is 1. The Morgan fingerprint density at radius 3 is 2.24 bits per heavy atom. The van der Waals surface area contributed by atoms with E-state index in [1.807, 2.05) is 6.07 Å². The Morgan fingerprint density at radius 2 is 1.76 bits per heavy atom. The summed E-state index contributed by atoms with van der Waals surface area (Å²) in [5.41, 5.74) is 1.78. The van der Waals surface area contributed by atoms with Gasteiger partial charge in [0.05, 0.1) is 13.1 Å². The van der Waals surface area contributed by atoms with E-state index < -0.39 is 0 Å². The van der Waals surface area contributed by atoms with Crippen molar-refractivity contribution in [2.45, 2.75) is 27.3 Å². The van der Waals surface area contributed by atoms with Crippen LogP contribution in [0.3, 0.4) is 0 Å². The predicted molar refractivity (Wildman–Crippen MR) is 82.1 cm³/mol. The Morgan fingerprint density at radius 1 is 1.19 bits per heavy atom. The van der Waals surface area contributed by atoms with Gasteiger partial charge in [-0.15, -0.1) is 0 Å². The van der Waals surface area contributed by atoms with Crippen LogP contribution in [-0.4, -0.2) is 36.7 Å². The van der Waals surface area contributed by atoms with Crippen molar-refractivity contribution in [3.8, 4) is 0 Å². The van der Waals surface area contributed by atoms with Gasteiger partial charge in [-0.1, -0.05) is 36.9 Å². The number of quaternary nitrogens is 1. The zero-order chi connectivity index (χ0) is 15.0. The molecule has 0 spiro atoms. The van der Waals surface area contributed by atoms with Crippen LogP contribution in [0.25, 0.3) is 0 Å². The molecular weight excluding hydrogens is 286 g/mol. The van der Waals surface area contributed by atoms with Gasteiger partial charge < -0.3 is 21.6 Å². The van der Waals surface area contributed by atoms with Gasteiger partial charge in [0.15, 0.2) is 0 Å². The highest BCUT2D eigenvalue weighted by molar-refractivity contribution is 5.86. The SMILES string of the molecule is C=C(C)C(=O)OCC[N+](CC)(CC)Cc1ccccc1.[Cl-]. The molecule has 0 heterocycles. The first kappa shape index (κ1) is 19.7. The van der Waals surface area contributed by atoms with Gasteiger partial charge in [0.25, 0.3) is 0 Å². The lowest BCUT2D eigenvalue weighted by Gasteiger charge is -2.36. The molecule has 0 radical (unpaired) electrons. The van der Waals surface area contributed by atoms with Crippen LogP contribution in [0, 0.1) is 0 Å². The van der Waals surface area contributed by atoms with Crippen LogP contribution < -0.4 is 12.4 Å². The number of hydrogen-bond acceptors (Lipinski definition) is 2. The van der Waals surface area contributed by atoms with Crippen molar-refractivity contribution in [1.82, 2.24) is 0 Å². The van der Waals surface area contributed by atoms with Gasteiger partial charge >= 0.3 is 5.97 Å². The maximum absolute atomic E-state index is 11.4. The summed E-state index contributed by atoms with van der Waals surface area (Å²) in [5, 5.41) is 0. The molecular formula is C17H26ClNO2. The average molecular weight is 312 g/mol. The third-order valence-corrected chi connectivity index (χ3v) is 3.85. The van der Waals surface area contributed by atoms with E-state index in [0.29, 0.717) is 12.2 Å². The van der Waals surface area contributed by atoms with Crippen molar-refractivity contribution in [2.24, 2.45) is 0 Å². The van der Waals surface area contributed by atoms with Crippen LogP contribution in [0.2, 0.25) is 0 Å². The maximum atomic E-state index is 11.4. The summed E-state index contributed by atoms with van der Waals surface area (Å²) in [6.45, 7) is 13.9. The molecule has 0 saturated heterocycles. The summed E-state index contributed by atoms with van der Waals surface area (Å²) in [4.78, 5) is 11.4. The van der Waals surface area contributed by atoms with Crippen LogP contribution in [0.4, 0.5) is 0 Å². The molecule has 1 aromatic rings. The topological polar surface area (TPSA) is 26.3 Å². The summed E-state index contributed by atoms with van der Waals surface area (Å²) >= 11 is 0. The van der Waals surface area contributed by atoms with Gasteiger partial charge in [-0.05, 0) is 20.8 Å². The molecule has 0 aliphatic rings. The van der Waals surface area contributed by atoms with Gasteiger partial charge in [-0.25, -0.2) is 4.79 Å². The van der Waals surface area contributed by atoms with Crippen LogP contribution >= 0.6 is 0 Å². The van der Waals surface area contributed by atoms with E-state index in [2.05, 4.69) is 44.7 Å². The minimum absolute atomic E-state index is 0. The first-order valence-electron chi connectivity index (χ1n) is 7.24. The number of esters is 1.